The van der Waals surface area contributed by atoms with Crippen LogP contribution in [0.1, 0.15) is 18.7 Å². The molecule has 0 spiro atoms. The van der Waals surface area contributed by atoms with E-state index in [4.69, 9.17) is 4.74 Å². The number of hydrogen-bond acceptors (Lipinski definition) is 3. The highest BCUT2D eigenvalue weighted by Crippen LogP contribution is 2.23. The monoisotopic (exact) mass is 290 g/mol. The van der Waals surface area contributed by atoms with E-state index in [2.05, 4.69) is 15.9 Å². The van der Waals surface area contributed by atoms with Crippen LogP contribution in [0, 0.1) is 5.92 Å². The predicted molar refractivity (Wildman–Crippen MR) is 66.4 cm³/mol. The summed E-state index contributed by atoms with van der Waals surface area (Å²) in [6.45, 7) is 3.99. The maximum Gasteiger partial charge on any atom is 0.166 e. The molecule has 0 N–H and O–H groups in total. The minimum atomic E-state index is -0.286. The second kappa shape index (κ2) is 5.77. The van der Waals surface area contributed by atoms with Gasteiger partial charge in [-0.25, -0.2) is 0 Å². The number of ketones is 1. The van der Waals surface area contributed by atoms with Gasteiger partial charge in [-0.1, -0.05) is 13.8 Å². The summed E-state index contributed by atoms with van der Waals surface area (Å²) >= 11 is 4.98. The van der Waals surface area contributed by atoms with Crippen LogP contribution in [-0.4, -0.2) is 19.0 Å². The Bertz CT molecular complexity index is 333. The molecule has 84 valence electrons. The predicted octanol–water partition coefficient (Wildman–Crippen LogP) is 3.29. The Balaban J connectivity index is 2.62. The van der Waals surface area contributed by atoms with Crippen LogP contribution in [0.15, 0.2) is 15.9 Å². The molecule has 0 aromatic carbocycles. The third kappa shape index (κ3) is 3.70. The molecule has 1 atom stereocenters. The molecule has 1 rings (SSSR count). The summed E-state index contributed by atoms with van der Waals surface area (Å²) in [4.78, 5) is 12.9. The van der Waals surface area contributed by atoms with Gasteiger partial charge >= 0.3 is 0 Å². The Morgan fingerprint density at radius 2 is 2.20 bits per heavy atom. The number of Topliss-reactive ketones (excluding diaryl/α,β-unsaturated/α-hetero) is 1. The molecule has 1 heterocycles. The molecule has 0 fully saturated rings. The standard InChI is InChI=1S/C11H15BrO2S/c1-7(2)11(14-3)9(13)6-8-4-5-10(12)15-8/h4-5,7,11H,6H2,1-3H3. The highest BCUT2D eigenvalue weighted by atomic mass is 79.9. The molecule has 0 aliphatic rings. The van der Waals surface area contributed by atoms with Crippen molar-refractivity contribution in [3.8, 4) is 0 Å². The zero-order valence-corrected chi connectivity index (χ0v) is 11.5. The van der Waals surface area contributed by atoms with Crippen molar-refractivity contribution >= 4 is 33.0 Å². The van der Waals surface area contributed by atoms with Crippen molar-refractivity contribution in [2.45, 2.75) is 26.4 Å². The fourth-order valence-electron chi connectivity index (χ4n) is 1.49. The lowest BCUT2D eigenvalue weighted by Crippen LogP contribution is -2.29. The summed E-state index contributed by atoms with van der Waals surface area (Å²) in [6, 6.07) is 3.93. The van der Waals surface area contributed by atoms with E-state index in [0.717, 1.165) is 8.66 Å². The van der Waals surface area contributed by atoms with Crippen LogP contribution in [0.5, 0.6) is 0 Å². The molecule has 0 saturated heterocycles. The molecule has 0 aliphatic heterocycles. The summed E-state index contributed by atoms with van der Waals surface area (Å²) in [6.07, 6.45) is 0.179. The fraction of sp³-hybridized carbons (Fsp3) is 0.545. The van der Waals surface area contributed by atoms with Crippen molar-refractivity contribution in [2.24, 2.45) is 5.92 Å². The lowest BCUT2D eigenvalue weighted by Gasteiger charge is -2.17. The van der Waals surface area contributed by atoms with E-state index < -0.39 is 0 Å². The van der Waals surface area contributed by atoms with Crippen molar-refractivity contribution in [1.82, 2.24) is 0 Å². The SMILES string of the molecule is COC(C(=O)Cc1ccc(Br)s1)C(C)C. The van der Waals surface area contributed by atoms with Crippen LogP contribution < -0.4 is 0 Å². The Hall–Kier alpha value is -0.190. The molecule has 0 radical (unpaired) electrons. The van der Waals surface area contributed by atoms with Crippen molar-refractivity contribution in [3.05, 3.63) is 20.8 Å². The summed E-state index contributed by atoms with van der Waals surface area (Å²) in [5.41, 5.74) is 0. The normalized spacial score (nSPS) is 13.1. The molecular formula is C11H15BrO2S. The van der Waals surface area contributed by atoms with E-state index in [1.807, 2.05) is 26.0 Å². The average molecular weight is 291 g/mol. The largest absolute Gasteiger partial charge is 0.373 e. The fourth-order valence-corrected chi connectivity index (χ4v) is 2.99. The number of ether oxygens (including phenoxy) is 1. The average Bonchev–Trinajstić information content (AvgIpc) is 2.51. The van der Waals surface area contributed by atoms with Gasteiger partial charge in [0.05, 0.1) is 3.79 Å². The number of methoxy groups -OCH3 is 1. The molecule has 0 bridgehead atoms. The van der Waals surface area contributed by atoms with Crippen molar-refractivity contribution in [2.75, 3.05) is 7.11 Å². The van der Waals surface area contributed by atoms with Crippen LogP contribution in [0.25, 0.3) is 0 Å². The maximum absolute atomic E-state index is 11.9. The number of halogens is 1. The van der Waals surface area contributed by atoms with E-state index >= 15 is 0 Å². The number of thiophene rings is 1. The summed E-state index contributed by atoms with van der Waals surface area (Å²) in [7, 11) is 1.59. The molecule has 0 aliphatic carbocycles. The van der Waals surface area contributed by atoms with Crippen LogP contribution in [0.3, 0.4) is 0 Å². The van der Waals surface area contributed by atoms with Gasteiger partial charge in [0.1, 0.15) is 6.10 Å². The molecule has 4 heteroatoms. The zero-order chi connectivity index (χ0) is 11.4. The first-order valence-corrected chi connectivity index (χ1v) is 6.45. The quantitative estimate of drug-likeness (QED) is 0.832. The highest BCUT2D eigenvalue weighted by Gasteiger charge is 2.21. The lowest BCUT2D eigenvalue weighted by atomic mass is 10.0. The van der Waals surface area contributed by atoms with E-state index in [-0.39, 0.29) is 17.8 Å². The summed E-state index contributed by atoms with van der Waals surface area (Å²) < 4.78 is 6.25. The second-order valence-corrected chi connectivity index (χ2v) is 6.30. The Labute approximate surface area is 103 Å². The number of rotatable bonds is 5. The Morgan fingerprint density at radius 3 is 2.60 bits per heavy atom. The summed E-state index contributed by atoms with van der Waals surface area (Å²) in [5, 5.41) is 0. The van der Waals surface area contributed by atoms with Crippen molar-refractivity contribution < 1.29 is 9.53 Å². The molecule has 15 heavy (non-hydrogen) atoms. The van der Waals surface area contributed by atoms with Gasteiger partial charge < -0.3 is 4.74 Å². The van der Waals surface area contributed by atoms with Gasteiger partial charge in [-0.3, -0.25) is 4.79 Å². The Morgan fingerprint density at radius 1 is 1.53 bits per heavy atom. The third-order valence-corrected chi connectivity index (χ3v) is 3.78. The first-order valence-electron chi connectivity index (χ1n) is 4.84. The van der Waals surface area contributed by atoms with E-state index in [9.17, 15) is 4.79 Å². The lowest BCUT2D eigenvalue weighted by molar-refractivity contribution is -0.130. The molecule has 1 aromatic heterocycles. The number of hydrogen-bond donors (Lipinski definition) is 0. The smallest absolute Gasteiger partial charge is 0.166 e. The second-order valence-electron chi connectivity index (χ2n) is 3.75. The third-order valence-electron chi connectivity index (χ3n) is 2.15. The van der Waals surface area contributed by atoms with Crippen molar-refractivity contribution in [3.63, 3.8) is 0 Å². The summed E-state index contributed by atoms with van der Waals surface area (Å²) in [5.74, 6) is 0.382. The van der Waals surface area contributed by atoms with Gasteiger partial charge in [-0.05, 0) is 34.0 Å². The number of carbonyl (C=O) groups excluding carboxylic acids is 1. The Kier molecular flexibility index (Phi) is 4.96. The van der Waals surface area contributed by atoms with E-state index in [1.54, 1.807) is 18.4 Å². The zero-order valence-electron chi connectivity index (χ0n) is 9.12. The molecule has 0 amide bonds. The highest BCUT2D eigenvalue weighted by molar-refractivity contribution is 9.11. The van der Waals surface area contributed by atoms with Crippen LogP contribution in [0.2, 0.25) is 0 Å². The van der Waals surface area contributed by atoms with Crippen molar-refractivity contribution in [1.29, 1.82) is 0 Å². The van der Waals surface area contributed by atoms with Crippen LogP contribution in [-0.2, 0) is 16.0 Å². The molecule has 2 nitrogen and oxygen atoms in total. The van der Waals surface area contributed by atoms with Crippen LogP contribution >= 0.6 is 27.3 Å². The minimum absolute atomic E-state index is 0.154. The molecule has 1 unspecified atom stereocenters. The van der Waals surface area contributed by atoms with Gasteiger partial charge in [-0.2, -0.15) is 0 Å². The molecule has 0 saturated carbocycles. The van der Waals surface area contributed by atoms with Gasteiger partial charge in [-0.15, -0.1) is 11.3 Å². The van der Waals surface area contributed by atoms with E-state index in [0.29, 0.717) is 6.42 Å². The number of carbonyl (C=O) groups is 1. The maximum atomic E-state index is 11.9. The first-order chi connectivity index (χ1) is 7.04. The first kappa shape index (κ1) is 12.9. The van der Waals surface area contributed by atoms with Gasteiger partial charge in [0, 0.05) is 18.4 Å². The topological polar surface area (TPSA) is 26.3 Å². The van der Waals surface area contributed by atoms with Gasteiger partial charge in [0.15, 0.2) is 5.78 Å². The molecular weight excluding hydrogens is 276 g/mol. The van der Waals surface area contributed by atoms with Crippen LogP contribution in [0.4, 0.5) is 0 Å². The van der Waals surface area contributed by atoms with Gasteiger partial charge in [0.2, 0.25) is 0 Å². The van der Waals surface area contributed by atoms with E-state index in [1.165, 1.54) is 0 Å². The minimum Gasteiger partial charge on any atom is -0.373 e. The molecule has 1 aromatic rings. The van der Waals surface area contributed by atoms with Gasteiger partial charge in [0.25, 0.3) is 0 Å².